The highest BCUT2D eigenvalue weighted by molar-refractivity contribution is 5.97. The van der Waals surface area contributed by atoms with Crippen LogP contribution in [0, 0.1) is 5.92 Å². The van der Waals surface area contributed by atoms with Gasteiger partial charge < -0.3 is 41.5 Å². The Morgan fingerprint density at radius 3 is 2.33 bits per heavy atom. The average Bonchev–Trinajstić information content (AvgIpc) is 3.06. The van der Waals surface area contributed by atoms with E-state index in [2.05, 4.69) is 0 Å². The number of nitrogens with zero attached hydrogens (tertiary/aromatic N) is 1. The van der Waals surface area contributed by atoms with Gasteiger partial charge in [0, 0.05) is 13.0 Å². The summed E-state index contributed by atoms with van der Waals surface area (Å²) < 4.78 is 5.15. The summed E-state index contributed by atoms with van der Waals surface area (Å²) in [6.07, 6.45) is -3.20. The Labute approximate surface area is 152 Å². The van der Waals surface area contributed by atoms with Crippen LogP contribution in [0.3, 0.4) is 0 Å². The molecule has 4 amide bonds. The van der Waals surface area contributed by atoms with Crippen molar-refractivity contribution in [2.45, 2.75) is 42.9 Å². The lowest BCUT2D eigenvalue weighted by molar-refractivity contribution is -0.166. The second-order valence-electron chi connectivity index (χ2n) is 6.45. The van der Waals surface area contributed by atoms with Gasteiger partial charge in [-0.15, -0.1) is 0 Å². The van der Waals surface area contributed by atoms with Crippen LogP contribution in [0.2, 0.25) is 0 Å². The number of carboxylic acid groups (broad SMARTS) is 1. The average molecular weight is 390 g/mol. The second kappa shape index (κ2) is 7.74. The summed E-state index contributed by atoms with van der Waals surface area (Å²) in [5.41, 5.74) is 10.4. The highest BCUT2D eigenvalue weighted by Crippen LogP contribution is 2.56. The molecule has 2 rings (SSSR count). The topological polar surface area (TPSA) is 226 Å². The number of carbonyl (C=O) groups is 4. The van der Waals surface area contributed by atoms with Crippen molar-refractivity contribution < 1.29 is 44.3 Å². The van der Waals surface area contributed by atoms with E-state index in [-0.39, 0.29) is 13.0 Å². The number of ether oxygens (including phenoxy) is 1. The molecule has 1 aliphatic carbocycles. The minimum atomic E-state index is -1.87. The minimum absolute atomic E-state index is 0.289. The van der Waals surface area contributed by atoms with Gasteiger partial charge in [-0.3, -0.25) is 19.7 Å². The molecule has 0 bridgehead atoms. The van der Waals surface area contributed by atoms with Crippen LogP contribution >= 0.6 is 0 Å². The number of aliphatic hydroxyl groups excluding tert-OH is 2. The molecule has 2 fully saturated rings. The molecule has 1 heterocycles. The third-order valence-electron chi connectivity index (χ3n) is 4.60. The second-order valence-corrected chi connectivity index (χ2v) is 6.45. The molecule has 2 aliphatic rings. The molecule has 9 N–H and O–H groups in total. The number of rotatable bonds is 8. The number of imide groups is 1. The summed E-state index contributed by atoms with van der Waals surface area (Å²) in [6, 6.07) is -3.44. The summed E-state index contributed by atoms with van der Waals surface area (Å²) in [7, 11) is 0. The number of fused-ring (bicyclic) bond motifs is 1. The molecule has 0 spiro atoms. The zero-order valence-corrected chi connectivity index (χ0v) is 14.1. The Kier molecular flexibility index (Phi) is 6.01. The number of nitrogens with two attached hydrogens (primary N) is 2. The number of amides is 4. The van der Waals surface area contributed by atoms with Crippen LogP contribution in [0.5, 0.6) is 0 Å². The van der Waals surface area contributed by atoms with Gasteiger partial charge in [-0.25, -0.2) is 4.79 Å². The molecule has 3 unspecified atom stereocenters. The third kappa shape index (κ3) is 4.17. The Balaban J connectivity index is 1.88. The van der Waals surface area contributed by atoms with Crippen molar-refractivity contribution in [3.63, 3.8) is 0 Å². The van der Waals surface area contributed by atoms with E-state index in [0.29, 0.717) is 0 Å². The lowest BCUT2D eigenvalue weighted by Crippen LogP contribution is -2.47. The van der Waals surface area contributed by atoms with E-state index in [4.69, 9.17) is 26.4 Å². The van der Waals surface area contributed by atoms with Crippen LogP contribution < -0.4 is 16.8 Å². The molecule has 0 aromatic carbocycles. The number of primary amides is 1. The van der Waals surface area contributed by atoms with E-state index in [1.54, 1.807) is 0 Å². The number of carbonyl (C=O) groups excluding carboxylic acids is 3. The first-order chi connectivity index (χ1) is 12.5. The van der Waals surface area contributed by atoms with E-state index < -0.39 is 72.8 Å². The highest BCUT2D eigenvalue weighted by atomic mass is 16.7. The zero-order valence-electron chi connectivity index (χ0n) is 14.1. The normalized spacial score (nSPS) is 32.3. The predicted octanol–water partition coefficient (Wildman–Crippen LogP) is -4.36. The maximum absolute atomic E-state index is 11.8. The maximum Gasteiger partial charge on any atom is 0.321 e. The monoisotopic (exact) mass is 390 g/mol. The fourth-order valence-corrected chi connectivity index (χ4v) is 3.21. The molecule has 0 aromatic rings. The van der Waals surface area contributed by atoms with Crippen LogP contribution in [0.1, 0.15) is 12.8 Å². The molecule has 13 nitrogen and oxygen atoms in total. The Morgan fingerprint density at radius 2 is 1.89 bits per heavy atom. The van der Waals surface area contributed by atoms with Gasteiger partial charge in [-0.05, 0) is 0 Å². The Bertz CT molecular complexity index is 644. The molecule has 27 heavy (non-hydrogen) atoms. The van der Waals surface area contributed by atoms with Gasteiger partial charge in [-0.1, -0.05) is 0 Å². The lowest BCUT2D eigenvalue weighted by Gasteiger charge is -2.26. The summed E-state index contributed by atoms with van der Waals surface area (Å²) in [4.78, 5) is 46.4. The van der Waals surface area contributed by atoms with Crippen LogP contribution in [-0.4, -0.2) is 92.4 Å². The highest BCUT2D eigenvalue weighted by Gasteiger charge is 2.77. The third-order valence-corrected chi connectivity index (χ3v) is 4.60. The predicted molar refractivity (Wildman–Crippen MR) is 84.5 cm³/mol. The first-order valence-electron chi connectivity index (χ1n) is 8.09. The number of carboxylic acids is 1. The van der Waals surface area contributed by atoms with E-state index in [1.165, 1.54) is 0 Å². The number of hydrogen-bond acceptors (Lipinski definition) is 9. The van der Waals surface area contributed by atoms with Crippen molar-refractivity contribution in [3.05, 3.63) is 0 Å². The molecule has 0 radical (unpaired) electrons. The summed E-state index contributed by atoms with van der Waals surface area (Å²) in [5, 5.41) is 39.9. The van der Waals surface area contributed by atoms with Crippen molar-refractivity contribution in [2.24, 2.45) is 17.4 Å². The van der Waals surface area contributed by atoms with Gasteiger partial charge in [-0.2, -0.15) is 0 Å². The molecule has 13 heteroatoms. The van der Waals surface area contributed by atoms with Crippen LogP contribution in [0.25, 0.3) is 0 Å². The Morgan fingerprint density at radius 1 is 1.26 bits per heavy atom. The van der Waals surface area contributed by atoms with Crippen molar-refractivity contribution in [1.29, 1.82) is 0 Å². The van der Waals surface area contributed by atoms with Crippen LogP contribution in [0.4, 0.5) is 4.79 Å². The van der Waals surface area contributed by atoms with Crippen LogP contribution in [-0.2, 0) is 19.1 Å². The van der Waals surface area contributed by atoms with Crippen molar-refractivity contribution in [2.75, 3.05) is 13.2 Å². The van der Waals surface area contributed by atoms with Gasteiger partial charge in [0.2, 0.25) is 11.8 Å². The molecule has 1 saturated carbocycles. The summed E-state index contributed by atoms with van der Waals surface area (Å²) >= 11 is 0. The zero-order chi connectivity index (χ0) is 20.5. The van der Waals surface area contributed by atoms with Crippen molar-refractivity contribution in [1.82, 2.24) is 10.2 Å². The SMILES string of the molecule is NC(=O)N(CCC(=O)NC(=O)C[C@H](N)C(=O)O)[C@H]1C2C(O)[C@@H](CO)OC21O. The quantitative estimate of drug-likeness (QED) is 0.211. The lowest BCUT2D eigenvalue weighted by atomic mass is 10.1. The molecule has 6 atom stereocenters. The molecule has 0 aromatic heterocycles. The van der Waals surface area contributed by atoms with Gasteiger partial charge in [0.05, 0.1) is 31.1 Å². The van der Waals surface area contributed by atoms with E-state index in [1.807, 2.05) is 5.32 Å². The molecular formula is C14H22N4O9. The molecule has 1 saturated heterocycles. The van der Waals surface area contributed by atoms with E-state index >= 15 is 0 Å². The fourth-order valence-electron chi connectivity index (χ4n) is 3.21. The first kappa shape index (κ1) is 21.0. The van der Waals surface area contributed by atoms with E-state index in [0.717, 1.165) is 4.90 Å². The standard InChI is InChI=1S/C14H22N4O9/c15-5(12(23)24)3-8(21)17-7(20)1-2-18(13(16)25)11-9-10(22)6(4-19)27-14(9,11)26/h5-6,9-11,19,22,26H,1-4,15H2,(H2,16,25)(H,23,24)(H,17,20,21)/t5-,6+,9?,10?,11-,14?/m0/s1. The number of aliphatic hydroxyl groups is 3. The number of hydrogen-bond donors (Lipinski definition) is 7. The number of aliphatic carboxylic acids is 1. The van der Waals surface area contributed by atoms with Gasteiger partial charge in [0.15, 0.2) is 5.79 Å². The minimum Gasteiger partial charge on any atom is -0.480 e. The summed E-state index contributed by atoms with van der Waals surface area (Å²) in [5.74, 6) is -5.86. The molecule has 1 aliphatic heterocycles. The smallest absolute Gasteiger partial charge is 0.321 e. The number of nitrogens with one attached hydrogen (secondary N) is 1. The fraction of sp³-hybridized carbons (Fsp3) is 0.714. The molecule has 152 valence electrons. The van der Waals surface area contributed by atoms with Crippen LogP contribution in [0.15, 0.2) is 0 Å². The largest absolute Gasteiger partial charge is 0.480 e. The first-order valence-corrected chi connectivity index (χ1v) is 8.09. The van der Waals surface area contributed by atoms with E-state index in [9.17, 15) is 29.4 Å². The van der Waals surface area contributed by atoms with Crippen molar-refractivity contribution >= 4 is 23.8 Å². The van der Waals surface area contributed by atoms with Gasteiger partial charge >= 0.3 is 12.0 Å². The maximum atomic E-state index is 11.8. The van der Waals surface area contributed by atoms with Gasteiger partial charge in [0.1, 0.15) is 12.1 Å². The Hall–Kier alpha value is -2.32. The number of urea groups is 1. The van der Waals surface area contributed by atoms with Gasteiger partial charge in [0.25, 0.3) is 0 Å². The summed E-state index contributed by atoms with van der Waals surface area (Å²) in [6.45, 7) is -0.810. The van der Waals surface area contributed by atoms with Crippen molar-refractivity contribution in [3.8, 4) is 0 Å². The molecular weight excluding hydrogens is 368 g/mol.